The third-order valence-electron chi connectivity index (χ3n) is 3.95. The first-order chi connectivity index (χ1) is 8.69. The SMILES string of the molecule is CCCNC1CCCC1N(CCC)CCN(C)C. The smallest absolute Gasteiger partial charge is 0.0249 e. The minimum absolute atomic E-state index is 0.735. The zero-order chi connectivity index (χ0) is 13.4. The summed E-state index contributed by atoms with van der Waals surface area (Å²) >= 11 is 0. The summed E-state index contributed by atoms with van der Waals surface area (Å²) in [5.41, 5.74) is 0. The summed E-state index contributed by atoms with van der Waals surface area (Å²) in [5.74, 6) is 0. The van der Waals surface area contributed by atoms with Gasteiger partial charge in [0.15, 0.2) is 0 Å². The van der Waals surface area contributed by atoms with Crippen molar-refractivity contribution in [1.82, 2.24) is 15.1 Å². The van der Waals surface area contributed by atoms with Crippen molar-refractivity contribution in [2.75, 3.05) is 40.3 Å². The van der Waals surface area contributed by atoms with Crippen LogP contribution < -0.4 is 5.32 Å². The summed E-state index contributed by atoms with van der Waals surface area (Å²) in [7, 11) is 4.34. The predicted molar refractivity (Wildman–Crippen MR) is 80.1 cm³/mol. The third kappa shape index (κ3) is 5.25. The van der Waals surface area contributed by atoms with Crippen molar-refractivity contribution in [2.45, 2.75) is 58.0 Å². The Labute approximate surface area is 114 Å². The number of nitrogens with zero attached hydrogens (tertiary/aromatic N) is 2. The van der Waals surface area contributed by atoms with E-state index in [1.54, 1.807) is 0 Å². The maximum absolute atomic E-state index is 3.75. The van der Waals surface area contributed by atoms with Gasteiger partial charge in [-0.05, 0) is 52.9 Å². The Morgan fingerprint density at radius 2 is 1.78 bits per heavy atom. The molecular weight excluding hydrogens is 222 g/mol. The monoisotopic (exact) mass is 255 g/mol. The van der Waals surface area contributed by atoms with Crippen molar-refractivity contribution < 1.29 is 0 Å². The van der Waals surface area contributed by atoms with Crippen molar-refractivity contribution in [3.8, 4) is 0 Å². The van der Waals surface area contributed by atoms with Gasteiger partial charge in [-0.15, -0.1) is 0 Å². The molecule has 1 N–H and O–H groups in total. The summed E-state index contributed by atoms with van der Waals surface area (Å²) in [6.07, 6.45) is 6.66. The Morgan fingerprint density at radius 1 is 1.00 bits per heavy atom. The lowest BCUT2D eigenvalue weighted by Crippen LogP contribution is -2.49. The molecule has 0 spiro atoms. The largest absolute Gasteiger partial charge is 0.312 e. The molecule has 0 radical (unpaired) electrons. The molecule has 1 fully saturated rings. The third-order valence-corrected chi connectivity index (χ3v) is 3.95. The lowest BCUT2D eigenvalue weighted by Gasteiger charge is -2.34. The van der Waals surface area contributed by atoms with Crippen LogP contribution in [0.15, 0.2) is 0 Å². The Kier molecular flexibility index (Phi) is 7.87. The second kappa shape index (κ2) is 8.89. The van der Waals surface area contributed by atoms with Crippen molar-refractivity contribution in [1.29, 1.82) is 0 Å². The molecule has 18 heavy (non-hydrogen) atoms. The zero-order valence-corrected chi connectivity index (χ0v) is 12.9. The first-order valence-corrected chi connectivity index (χ1v) is 7.81. The highest BCUT2D eigenvalue weighted by Gasteiger charge is 2.30. The Bertz CT molecular complexity index is 206. The summed E-state index contributed by atoms with van der Waals surface area (Å²) in [6.45, 7) is 9.38. The number of likely N-dealkylation sites (N-methyl/N-ethyl adjacent to an activating group) is 1. The molecular formula is C15H33N3. The Hall–Kier alpha value is -0.120. The van der Waals surface area contributed by atoms with Crippen molar-refractivity contribution in [2.24, 2.45) is 0 Å². The molecule has 3 heteroatoms. The van der Waals surface area contributed by atoms with Gasteiger partial charge in [-0.25, -0.2) is 0 Å². The van der Waals surface area contributed by atoms with E-state index in [1.165, 1.54) is 58.3 Å². The normalized spacial score (nSPS) is 24.3. The van der Waals surface area contributed by atoms with Crippen LogP contribution in [0.5, 0.6) is 0 Å². The number of hydrogen-bond donors (Lipinski definition) is 1. The summed E-state index contributed by atoms with van der Waals surface area (Å²) < 4.78 is 0. The molecule has 0 aromatic heterocycles. The maximum atomic E-state index is 3.75. The van der Waals surface area contributed by atoms with Crippen molar-refractivity contribution in [3.05, 3.63) is 0 Å². The van der Waals surface area contributed by atoms with Gasteiger partial charge in [0.2, 0.25) is 0 Å². The van der Waals surface area contributed by atoms with Crippen LogP contribution >= 0.6 is 0 Å². The fourth-order valence-electron chi connectivity index (χ4n) is 3.00. The van der Waals surface area contributed by atoms with Gasteiger partial charge >= 0.3 is 0 Å². The number of hydrogen-bond acceptors (Lipinski definition) is 3. The molecule has 1 aliphatic carbocycles. The van der Waals surface area contributed by atoms with Crippen LogP contribution in [-0.2, 0) is 0 Å². The second-order valence-electron chi connectivity index (χ2n) is 5.90. The van der Waals surface area contributed by atoms with Crippen LogP contribution in [0, 0.1) is 0 Å². The van der Waals surface area contributed by atoms with E-state index in [-0.39, 0.29) is 0 Å². The van der Waals surface area contributed by atoms with E-state index in [2.05, 4.69) is 43.1 Å². The topological polar surface area (TPSA) is 18.5 Å². The molecule has 0 bridgehead atoms. The van der Waals surface area contributed by atoms with Gasteiger partial charge < -0.3 is 10.2 Å². The van der Waals surface area contributed by atoms with E-state index in [9.17, 15) is 0 Å². The van der Waals surface area contributed by atoms with Crippen molar-refractivity contribution >= 4 is 0 Å². The van der Waals surface area contributed by atoms with E-state index in [0.29, 0.717) is 0 Å². The maximum Gasteiger partial charge on any atom is 0.0249 e. The fourth-order valence-corrected chi connectivity index (χ4v) is 3.00. The average Bonchev–Trinajstić information content (AvgIpc) is 2.79. The van der Waals surface area contributed by atoms with Crippen LogP contribution in [0.4, 0.5) is 0 Å². The molecule has 3 nitrogen and oxygen atoms in total. The van der Waals surface area contributed by atoms with Gasteiger partial charge in [0.1, 0.15) is 0 Å². The first kappa shape index (κ1) is 15.9. The fraction of sp³-hybridized carbons (Fsp3) is 1.00. The summed E-state index contributed by atoms with van der Waals surface area (Å²) in [6, 6.07) is 1.51. The number of rotatable bonds is 9. The average molecular weight is 255 g/mol. The minimum atomic E-state index is 0.735. The summed E-state index contributed by atoms with van der Waals surface area (Å²) in [5, 5.41) is 3.75. The highest BCUT2D eigenvalue weighted by atomic mass is 15.2. The molecule has 1 aliphatic rings. The molecule has 0 aliphatic heterocycles. The first-order valence-electron chi connectivity index (χ1n) is 7.81. The van der Waals surface area contributed by atoms with Gasteiger partial charge in [0.25, 0.3) is 0 Å². The van der Waals surface area contributed by atoms with Crippen LogP contribution in [0.2, 0.25) is 0 Å². The molecule has 0 amide bonds. The van der Waals surface area contributed by atoms with Crippen LogP contribution in [-0.4, -0.2) is 62.2 Å². The minimum Gasteiger partial charge on any atom is -0.312 e. The lowest BCUT2D eigenvalue weighted by atomic mass is 10.1. The molecule has 2 atom stereocenters. The second-order valence-corrected chi connectivity index (χ2v) is 5.90. The molecule has 1 rings (SSSR count). The van der Waals surface area contributed by atoms with Gasteiger partial charge in [-0.2, -0.15) is 0 Å². The van der Waals surface area contributed by atoms with Gasteiger partial charge in [0, 0.05) is 25.2 Å². The highest BCUT2D eigenvalue weighted by molar-refractivity contribution is 4.90. The van der Waals surface area contributed by atoms with Crippen LogP contribution in [0.1, 0.15) is 46.0 Å². The van der Waals surface area contributed by atoms with E-state index < -0.39 is 0 Å². The molecule has 0 heterocycles. The van der Waals surface area contributed by atoms with Crippen LogP contribution in [0.25, 0.3) is 0 Å². The van der Waals surface area contributed by atoms with Crippen molar-refractivity contribution in [3.63, 3.8) is 0 Å². The standard InChI is InChI=1S/C15H33N3/c1-5-10-16-14-8-7-9-15(14)18(11-6-2)13-12-17(3)4/h14-16H,5-13H2,1-4H3. The van der Waals surface area contributed by atoms with Gasteiger partial charge in [-0.1, -0.05) is 20.3 Å². The molecule has 108 valence electrons. The predicted octanol–water partition coefficient (Wildman–Crippen LogP) is 2.18. The Morgan fingerprint density at radius 3 is 2.39 bits per heavy atom. The summed E-state index contributed by atoms with van der Waals surface area (Å²) in [4.78, 5) is 5.02. The Balaban J connectivity index is 2.47. The van der Waals surface area contributed by atoms with Gasteiger partial charge in [0.05, 0.1) is 0 Å². The molecule has 0 aromatic carbocycles. The van der Waals surface area contributed by atoms with E-state index >= 15 is 0 Å². The molecule has 1 saturated carbocycles. The van der Waals surface area contributed by atoms with E-state index in [1.807, 2.05) is 0 Å². The number of nitrogens with one attached hydrogen (secondary N) is 1. The van der Waals surface area contributed by atoms with E-state index in [0.717, 1.165) is 12.1 Å². The lowest BCUT2D eigenvalue weighted by molar-refractivity contribution is 0.158. The van der Waals surface area contributed by atoms with Crippen LogP contribution in [0.3, 0.4) is 0 Å². The molecule has 0 aromatic rings. The highest BCUT2D eigenvalue weighted by Crippen LogP contribution is 2.24. The molecule has 2 unspecified atom stereocenters. The molecule has 0 saturated heterocycles. The van der Waals surface area contributed by atoms with E-state index in [4.69, 9.17) is 0 Å². The quantitative estimate of drug-likeness (QED) is 0.681. The van der Waals surface area contributed by atoms with Gasteiger partial charge in [-0.3, -0.25) is 4.90 Å². The zero-order valence-electron chi connectivity index (χ0n) is 12.9.